The number of rotatable bonds is 5. The molecule has 6 nitrogen and oxygen atoms in total. The van der Waals surface area contributed by atoms with E-state index in [4.69, 9.17) is 0 Å². The third-order valence-electron chi connectivity index (χ3n) is 3.70. The Kier molecular flexibility index (Phi) is 5.38. The van der Waals surface area contributed by atoms with Crippen molar-refractivity contribution in [1.82, 2.24) is 15.1 Å². The molecule has 2 N–H and O–H groups in total. The zero-order valence-corrected chi connectivity index (χ0v) is 13.9. The van der Waals surface area contributed by atoms with Gasteiger partial charge < -0.3 is 15.4 Å². The first-order valence-electron chi connectivity index (χ1n) is 7.41. The predicted molar refractivity (Wildman–Crippen MR) is 86.3 cm³/mol. The number of ether oxygens (including phenoxy) is 1. The molecule has 2 amide bonds. The Morgan fingerprint density at radius 3 is 2.54 bits per heavy atom. The smallest absolute Gasteiger partial charge is 0.387 e. The fourth-order valence-electron chi connectivity index (χ4n) is 2.61. The second-order valence-electron chi connectivity index (χ2n) is 5.40. The van der Waals surface area contributed by atoms with Crippen molar-refractivity contribution in [1.29, 1.82) is 0 Å². The Morgan fingerprint density at radius 2 is 1.96 bits per heavy atom. The van der Waals surface area contributed by atoms with Gasteiger partial charge in [-0.2, -0.15) is 13.9 Å². The topological polar surface area (TPSA) is 68.2 Å². The van der Waals surface area contributed by atoms with Crippen LogP contribution in [0.5, 0.6) is 5.75 Å². The molecule has 0 aliphatic heterocycles. The summed E-state index contributed by atoms with van der Waals surface area (Å²) in [5.74, 6) is -0.0935. The summed E-state index contributed by atoms with van der Waals surface area (Å²) in [7, 11) is 1.83. The van der Waals surface area contributed by atoms with Gasteiger partial charge in [-0.15, -0.1) is 0 Å². The van der Waals surface area contributed by atoms with Crippen molar-refractivity contribution < 1.29 is 18.3 Å². The third-order valence-corrected chi connectivity index (χ3v) is 3.70. The number of benzene rings is 1. The average Bonchev–Trinajstić information content (AvgIpc) is 2.73. The van der Waals surface area contributed by atoms with Crippen LogP contribution >= 0.6 is 0 Å². The summed E-state index contributed by atoms with van der Waals surface area (Å²) in [6.07, 6.45) is 0. The molecule has 0 aliphatic rings. The second-order valence-corrected chi connectivity index (χ2v) is 5.40. The normalized spacial score (nSPS) is 12.1. The number of urea groups is 1. The summed E-state index contributed by atoms with van der Waals surface area (Å²) in [4.78, 5) is 12.2. The van der Waals surface area contributed by atoms with Gasteiger partial charge in [0.05, 0.1) is 17.4 Å². The maximum absolute atomic E-state index is 12.4. The molecule has 0 bridgehead atoms. The van der Waals surface area contributed by atoms with E-state index in [-0.39, 0.29) is 17.5 Å². The maximum Gasteiger partial charge on any atom is 0.387 e. The van der Waals surface area contributed by atoms with Crippen molar-refractivity contribution >= 4 is 11.7 Å². The van der Waals surface area contributed by atoms with E-state index in [2.05, 4.69) is 20.5 Å². The number of amides is 2. The predicted octanol–water partition coefficient (Wildman–Crippen LogP) is 3.52. The molecule has 0 fully saturated rings. The van der Waals surface area contributed by atoms with Crippen molar-refractivity contribution in [2.24, 2.45) is 7.05 Å². The van der Waals surface area contributed by atoms with E-state index in [1.807, 2.05) is 27.8 Å². The molecule has 8 heteroatoms. The number of anilines is 1. The first-order valence-corrected chi connectivity index (χ1v) is 7.41. The molecule has 0 saturated carbocycles. The Bertz CT molecular complexity index is 731. The molecule has 24 heavy (non-hydrogen) atoms. The van der Waals surface area contributed by atoms with Crippen LogP contribution < -0.4 is 15.4 Å². The average molecular weight is 338 g/mol. The van der Waals surface area contributed by atoms with Crippen LogP contribution in [0, 0.1) is 13.8 Å². The molecule has 2 rings (SSSR count). The van der Waals surface area contributed by atoms with Gasteiger partial charge in [-0.05, 0) is 32.9 Å². The quantitative estimate of drug-likeness (QED) is 0.876. The molecule has 130 valence electrons. The number of halogens is 2. The van der Waals surface area contributed by atoms with Crippen LogP contribution in [0.2, 0.25) is 0 Å². The second kappa shape index (κ2) is 7.29. The molecule has 0 aliphatic carbocycles. The van der Waals surface area contributed by atoms with Crippen LogP contribution in [0.3, 0.4) is 0 Å². The molecule has 0 spiro atoms. The van der Waals surface area contributed by atoms with Crippen molar-refractivity contribution in [2.75, 3.05) is 5.32 Å². The molecule has 2 aromatic rings. The monoisotopic (exact) mass is 338 g/mol. The van der Waals surface area contributed by atoms with E-state index in [1.54, 1.807) is 16.8 Å². The summed E-state index contributed by atoms with van der Waals surface area (Å²) < 4.78 is 30.9. The van der Waals surface area contributed by atoms with Crippen molar-refractivity contribution in [3.8, 4) is 5.75 Å². The standard InChI is InChI=1S/C16H20F2N4O2/c1-9(14-10(2)21-22(4)11(14)3)19-16(23)20-12-7-5-6-8-13(12)24-15(17)18/h5-9,15H,1-4H3,(H2,19,20,23). The Labute approximate surface area is 138 Å². The van der Waals surface area contributed by atoms with Crippen LogP contribution in [-0.4, -0.2) is 22.4 Å². The molecule has 1 aromatic heterocycles. The summed E-state index contributed by atoms with van der Waals surface area (Å²) in [5.41, 5.74) is 2.86. The van der Waals surface area contributed by atoms with E-state index in [1.165, 1.54) is 12.1 Å². The minimum Gasteiger partial charge on any atom is -0.433 e. The van der Waals surface area contributed by atoms with Gasteiger partial charge >= 0.3 is 12.6 Å². The third kappa shape index (κ3) is 4.01. The SMILES string of the molecule is Cc1nn(C)c(C)c1C(C)NC(=O)Nc1ccccc1OC(F)F. The Balaban J connectivity index is 2.08. The van der Waals surface area contributed by atoms with Crippen LogP contribution in [0.1, 0.15) is 29.9 Å². The molecule has 1 heterocycles. The minimum absolute atomic E-state index is 0.0935. The molecule has 0 saturated heterocycles. The number of para-hydroxylation sites is 2. The highest BCUT2D eigenvalue weighted by molar-refractivity contribution is 5.91. The van der Waals surface area contributed by atoms with E-state index in [9.17, 15) is 13.6 Å². The van der Waals surface area contributed by atoms with E-state index >= 15 is 0 Å². The largest absolute Gasteiger partial charge is 0.433 e. The fraction of sp³-hybridized carbons (Fsp3) is 0.375. The van der Waals surface area contributed by atoms with Crippen LogP contribution in [-0.2, 0) is 7.05 Å². The lowest BCUT2D eigenvalue weighted by molar-refractivity contribution is -0.0493. The highest BCUT2D eigenvalue weighted by Crippen LogP contribution is 2.26. The number of aromatic nitrogens is 2. The van der Waals surface area contributed by atoms with Gasteiger partial charge in [-0.25, -0.2) is 4.79 Å². The number of nitrogens with zero attached hydrogens (tertiary/aromatic N) is 2. The zero-order chi connectivity index (χ0) is 17.9. The highest BCUT2D eigenvalue weighted by atomic mass is 19.3. The number of aryl methyl sites for hydroxylation is 2. The highest BCUT2D eigenvalue weighted by Gasteiger charge is 2.19. The zero-order valence-electron chi connectivity index (χ0n) is 13.9. The van der Waals surface area contributed by atoms with Gasteiger partial charge in [0.15, 0.2) is 0 Å². The molecule has 1 unspecified atom stereocenters. The van der Waals surface area contributed by atoms with Gasteiger partial charge in [-0.3, -0.25) is 4.68 Å². The van der Waals surface area contributed by atoms with E-state index < -0.39 is 12.6 Å². The number of hydrogen-bond acceptors (Lipinski definition) is 3. The van der Waals surface area contributed by atoms with E-state index in [0.29, 0.717) is 0 Å². The van der Waals surface area contributed by atoms with Crippen LogP contribution in [0.25, 0.3) is 0 Å². The lowest BCUT2D eigenvalue weighted by Gasteiger charge is -2.17. The van der Waals surface area contributed by atoms with Crippen molar-refractivity contribution in [3.63, 3.8) is 0 Å². The van der Waals surface area contributed by atoms with Gasteiger partial charge in [-0.1, -0.05) is 12.1 Å². The summed E-state index contributed by atoms with van der Waals surface area (Å²) in [6.45, 7) is 2.65. The Hall–Kier alpha value is -2.64. The molecule has 0 radical (unpaired) electrons. The van der Waals surface area contributed by atoms with Gasteiger partial charge in [0.25, 0.3) is 0 Å². The van der Waals surface area contributed by atoms with Gasteiger partial charge in [0.2, 0.25) is 0 Å². The van der Waals surface area contributed by atoms with Crippen molar-refractivity contribution in [2.45, 2.75) is 33.4 Å². The molecular formula is C16H20F2N4O2. The number of alkyl halides is 2. The number of carbonyl (C=O) groups excluding carboxylic acids is 1. The van der Waals surface area contributed by atoms with E-state index in [0.717, 1.165) is 17.0 Å². The molecule has 1 aromatic carbocycles. The summed E-state index contributed by atoms with van der Waals surface area (Å²) in [6, 6.07) is 5.21. The number of nitrogens with one attached hydrogen (secondary N) is 2. The first-order chi connectivity index (χ1) is 11.3. The summed E-state index contributed by atoms with van der Waals surface area (Å²) in [5, 5.41) is 9.61. The lowest BCUT2D eigenvalue weighted by Crippen LogP contribution is -2.31. The molecular weight excluding hydrogens is 318 g/mol. The summed E-state index contributed by atoms with van der Waals surface area (Å²) >= 11 is 0. The van der Waals surface area contributed by atoms with Crippen LogP contribution in [0.15, 0.2) is 24.3 Å². The van der Waals surface area contributed by atoms with Gasteiger partial charge in [0.1, 0.15) is 5.75 Å². The lowest BCUT2D eigenvalue weighted by atomic mass is 10.1. The van der Waals surface area contributed by atoms with Gasteiger partial charge in [0, 0.05) is 18.3 Å². The maximum atomic E-state index is 12.4. The number of hydrogen-bond donors (Lipinski definition) is 2. The first kappa shape index (κ1) is 17.7. The fourth-order valence-corrected chi connectivity index (χ4v) is 2.61. The Morgan fingerprint density at radius 1 is 1.29 bits per heavy atom. The number of carbonyl (C=O) groups is 1. The van der Waals surface area contributed by atoms with Crippen LogP contribution in [0.4, 0.5) is 19.3 Å². The minimum atomic E-state index is -2.96. The van der Waals surface area contributed by atoms with Crippen molar-refractivity contribution in [3.05, 3.63) is 41.2 Å². The molecule has 1 atom stereocenters.